The van der Waals surface area contributed by atoms with Crippen LogP contribution in [0, 0.1) is 29.6 Å². The van der Waals surface area contributed by atoms with Crippen molar-refractivity contribution in [3.63, 3.8) is 0 Å². The van der Waals surface area contributed by atoms with Gasteiger partial charge in [-0.1, -0.05) is 24.5 Å². The average molecular weight is 198 g/mol. The molecule has 0 radical (unpaired) electrons. The van der Waals surface area contributed by atoms with Gasteiger partial charge < -0.3 is 0 Å². The topological polar surface area (TPSA) is 0 Å². The van der Waals surface area contributed by atoms with Gasteiger partial charge in [-0.3, -0.25) is 0 Å². The summed E-state index contributed by atoms with van der Waals surface area (Å²) in [7, 11) is 0. The van der Waals surface area contributed by atoms with Gasteiger partial charge in [0, 0.05) is 11.5 Å². The Balaban J connectivity index is 1.74. The fourth-order valence-electron chi connectivity index (χ4n) is 1.79. The van der Waals surface area contributed by atoms with Gasteiger partial charge in [0.05, 0.1) is 0 Å². The number of hydrogen-bond donors (Lipinski definition) is 0. The summed E-state index contributed by atoms with van der Waals surface area (Å²) in [5.74, 6) is 9.06. The molecule has 3 saturated carbocycles. The summed E-state index contributed by atoms with van der Waals surface area (Å²) in [4.78, 5) is 0. The van der Waals surface area contributed by atoms with Crippen LogP contribution in [0.2, 0.25) is 0 Å². The molecule has 0 N–H and O–H groups in total. The maximum Gasteiger partial charge on any atom is 0.0237 e. The van der Waals surface area contributed by atoms with Gasteiger partial charge in [-0.05, 0) is 55.9 Å². The van der Waals surface area contributed by atoms with Gasteiger partial charge in [-0.15, -0.1) is 0 Å². The van der Waals surface area contributed by atoms with E-state index in [0.29, 0.717) is 5.92 Å². The first-order valence-corrected chi connectivity index (χ1v) is 6.25. The van der Waals surface area contributed by atoms with Crippen LogP contribution in [0.4, 0.5) is 0 Å². The molecule has 78 valence electrons. The molecule has 0 heteroatoms. The summed E-state index contributed by atoms with van der Waals surface area (Å²) in [5, 5.41) is 0. The Hall–Kier alpha value is -0.960. The van der Waals surface area contributed by atoms with Gasteiger partial charge in [0.1, 0.15) is 0 Å². The van der Waals surface area contributed by atoms with Crippen LogP contribution in [-0.2, 0) is 0 Å². The van der Waals surface area contributed by atoms with Crippen molar-refractivity contribution in [1.29, 1.82) is 0 Å². The second kappa shape index (κ2) is 3.56. The minimum absolute atomic E-state index is 0.708. The first-order chi connectivity index (χ1) is 7.33. The smallest absolute Gasteiger partial charge is 0.0237 e. The third-order valence-electron chi connectivity index (χ3n) is 3.43. The first-order valence-electron chi connectivity index (χ1n) is 6.25. The fourth-order valence-corrected chi connectivity index (χ4v) is 1.79. The Bertz CT molecular complexity index is 363. The predicted octanol–water partition coefficient (Wildman–Crippen LogP) is 3.70. The second-order valence-electron chi connectivity index (χ2n) is 5.26. The molecule has 0 aromatic heterocycles. The largest absolute Gasteiger partial charge is 0.0945 e. The van der Waals surface area contributed by atoms with Gasteiger partial charge in [-0.2, -0.15) is 0 Å². The van der Waals surface area contributed by atoms with E-state index in [2.05, 4.69) is 24.5 Å². The summed E-state index contributed by atoms with van der Waals surface area (Å²) in [5.41, 5.74) is 2.61. The zero-order chi connectivity index (χ0) is 10.3. The molecule has 0 aromatic carbocycles. The van der Waals surface area contributed by atoms with E-state index in [1.807, 2.05) is 0 Å². The lowest BCUT2D eigenvalue weighted by atomic mass is 10.0. The van der Waals surface area contributed by atoms with Crippen LogP contribution in [0.25, 0.3) is 0 Å². The van der Waals surface area contributed by atoms with E-state index in [1.54, 1.807) is 0 Å². The highest BCUT2D eigenvalue weighted by atomic mass is 14.3. The third kappa shape index (κ3) is 2.53. The number of allylic oxidation sites excluding steroid dienone is 3. The van der Waals surface area contributed by atoms with Crippen LogP contribution in [0.1, 0.15) is 38.5 Å². The molecule has 3 aliphatic rings. The molecule has 3 fully saturated rings. The van der Waals surface area contributed by atoms with Crippen molar-refractivity contribution in [2.75, 3.05) is 0 Å². The molecule has 3 rings (SSSR count). The summed E-state index contributed by atoms with van der Waals surface area (Å²) < 4.78 is 0. The van der Waals surface area contributed by atoms with Gasteiger partial charge in [0.25, 0.3) is 0 Å². The molecule has 0 nitrogen and oxygen atoms in total. The highest BCUT2D eigenvalue weighted by molar-refractivity contribution is 5.48. The molecular formula is C15H18. The van der Waals surface area contributed by atoms with Gasteiger partial charge in [0.15, 0.2) is 0 Å². The molecular weight excluding hydrogens is 180 g/mol. The number of rotatable bonds is 3. The second-order valence-corrected chi connectivity index (χ2v) is 5.26. The van der Waals surface area contributed by atoms with Gasteiger partial charge >= 0.3 is 0 Å². The highest BCUT2D eigenvalue weighted by Gasteiger charge is 2.28. The van der Waals surface area contributed by atoms with Crippen molar-refractivity contribution in [2.24, 2.45) is 17.8 Å². The molecule has 0 heterocycles. The summed E-state index contributed by atoms with van der Waals surface area (Å²) in [6, 6.07) is 0. The quantitative estimate of drug-likeness (QED) is 0.479. The Morgan fingerprint density at radius 3 is 2.33 bits per heavy atom. The van der Waals surface area contributed by atoms with E-state index in [1.165, 1.54) is 49.7 Å². The van der Waals surface area contributed by atoms with E-state index in [-0.39, 0.29) is 0 Å². The predicted molar refractivity (Wildman–Crippen MR) is 63.2 cm³/mol. The Kier molecular flexibility index (Phi) is 2.20. The van der Waals surface area contributed by atoms with Crippen LogP contribution < -0.4 is 0 Å². The zero-order valence-corrected chi connectivity index (χ0v) is 9.26. The Morgan fingerprint density at radius 1 is 1.07 bits per heavy atom. The van der Waals surface area contributed by atoms with Crippen LogP contribution >= 0.6 is 0 Å². The molecule has 0 aromatic rings. The SMILES string of the molecule is C=C(/C(C#CC1CC1)=C/C1CC1)C1CC1. The summed E-state index contributed by atoms with van der Waals surface area (Å²) in [6.45, 7) is 4.23. The molecule has 0 amide bonds. The van der Waals surface area contributed by atoms with Crippen molar-refractivity contribution in [3.8, 4) is 11.8 Å². The van der Waals surface area contributed by atoms with Crippen molar-refractivity contribution in [2.45, 2.75) is 38.5 Å². The van der Waals surface area contributed by atoms with E-state index in [9.17, 15) is 0 Å². The lowest BCUT2D eigenvalue weighted by Crippen LogP contribution is -1.89. The van der Waals surface area contributed by atoms with E-state index >= 15 is 0 Å². The zero-order valence-electron chi connectivity index (χ0n) is 9.26. The molecule has 15 heavy (non-hydrogen) atoms. The van der Waals surface area contributed by atoms with Crippen molar-refractivity contribution in [1.82, 2.24) is 0 Å². The molecule has 0 unspecified atom stereocenters. The minimum Gasteiger partial charge on any atom is -0.0945 e. The van der Waals surface area contributed by atoms with Crippen molar-refractivity contribution < 1.29 is 0 Å². The molecule has 0 atom stereocenters. The molecule has 0 aliphatic heterocycles. The number of hydrogen-bond acceptors (Lipinski definition) is 0. The standard InChI is InChI=1S/C15H18/c1-11(14-8-9-14)15(10-13-4-5-13)7-6-12-2-3-12/h10,12-14H,1-5,8-9H2/b15-10+. The molecule has 3 aliphatic carbocycles. The summed E-state index contributed by atoms with van der Waals surface area (Å²) in [6.07, 6.45) is 10.4. The van der Waals surface area contributed by atoms with Crippen LogP contribution in [-0.4, -0.2) is 0 Å². The van der Waals surface area contributed by atoms with Crippen LogP contribution in [0.15, 0.2) is 23.8 Å². The van der Waals surface area contributed by atoms with Gasteiger partial charge in [0.2, 0.25) is 0 Å². The minimum atomic E-state index is 0.708. The Labute approximate surface area is 92.5 Å². The van der Waals surface area contributed by atoms with E-state index in [4.69, 9.17) is 0 Å². The van der Waals surface area contributed by atoms with E-state index < -0.39 is 0 Å². The lowest BCUT2D eigenvalue weighted by molar-refractivity contribution is 1.02. The fraction of sp³-hybridized carbons (Fsp3) is 0.600. The van der Waals surface area contributed by atoms with E-state index in [0.717, 1.165) is 11.8 Å². The summed E-state index contributed by atoms with van der Waals surface area (Å²) >= 11 is 0. The molecule has 0 saturated heterocycles. The van der Waals surface area contributed by atoms with Gasteiger partial charge in [-0.25, -0.2) is 0 Å². The average Bonchev–Trinajstić information content (AvgIpc) is 3.12. The monoisotopic (exact) mass is 198 g/mol. The van der Waals surface area contributed by atoms with Crippen LogP contribution in [0.5, 0.6) is 0 Å². The normalized spacial score (nSPS) is 25.7. The Morgan fingerprint density at radius 2 is 1.80 bits per heavy atom. The van der Waals surface area contributed by atoms with Crippen molar-refractivity contribution in [3.05, 3.63) is 23.8 Å². The maximum absolute atomic E-state index is 4.23. The van der Waals surface area contributed by atoms with Crippen molar-refractivity contribution >= 4 is 0 Å². The highest BCUT2D eigenvalue weighted by Crippen LogP contribution is 2.41. The molecule has 0 spiro atoms. The third-order valence-corrected chi connectivity index (χ3v) is 3.43. The van der Waals surface area contributed by atoms with Crippen LogP contribution in [0.3, 0.4) is 0 Å². The lowest BCUT2D eigenvalue weighted by Gasteiger charge is -2.02. The molecule has 0 bridgehead atoms. The first kappa shape index (κ1) is 9.28. The maximum atomic E-state index is 4.23.